The minimum atomic E-state index is -1.96. The number of carboxylic acid groups (broad SMARTS) is 2. The monoisotopic (exact) mass is 427 g/mol. The summed E-state index contributed by atoms with van der Waals surface area (Å²) in [5.41, 5.74) is 7.77. The number of hydrogen-bond acceptors (Lipinski definition) is 7. The third-order valence-electron chi connectivity index (χ3n) is 5.50. The van der Waals surface area contributed by atoms with E-state index in [0.717, 1.165) is 0 Å². The number of carbonyl (C=O) groups excluding carboxylic acids is 2. The van der Waals surface area contributed by atoms with Gasteiger partial charge in [0.2, 0.25) is 0 Å². The second-order valence-corrected chi connectivity index (χ2v) is 8.61. The molecule has 0 bridgehead atoms. The lowest BCUT2D eigenvalue weighted by atomic mass is 9.88. The molecule has 2 aromatic rings. The number of benzene rings is 1. The Bertz CT molecular complexity index is 939. The summed E-state index contributed by atoms with van der Waals surface area (Å²) in [4.78, 5) is 23.2. The van der Waals surface area contributed by atoms with E-state index in [4.69, 9.17) is 5.11 Å². The first-order chi connectivity index (χ1) is 14.4. The molecule has 1 atom stereocenters. The van der Waals surface area contributed by atoms with Gasteiger partial charge >= 0.3 is 0 Å². The van der Waals surface area contributed by atoms with Crippen molar-refractivity contribution in [3.05, 3.63) is 62.9 Å². The Labute approximate surface area is 180 Å². The summed E-state index contributed by atoms with van der Waals surface area (Å²) < 4.78 is 0. The molecule has 0 saturated carbocycles. The average molecular weight is 428 g/mol. The summed E-state index contributed by atoms with van der Waals surface area (Å²) in [6, 6.07) is 11.4. The number of aryl methyl sites for hydroxylation is 2. The van der Waals surface area contributed by atoms with Gasteiger partial charge < -0.3 is 29.8 Å². The number of thiophene rings is 1. The Morgan fingerprint density at radius 1 is 1.07 bits per heavy atom. The van der Waals surface area contributed by atoms with Crippen LogP contribution in [0.4, 0.5) is 0 Å². The van der Waals surface area contributed by atoms with Gasteiger partial charge in [0, 0.05) is 30.4 Å². The molecule has 0 radical (unpaired) electrons. The quantitative estimate of drug-likeness (QED) is 0.770. The topological polar surface area (TPSA) is 104 Å². The standard InChI is InChI=1S/C19H21NS.C4H6O5/c1-20-11-8-15(9-12-20)19-16-5-3-2-4-14(16)6-7-18-17(19)10-13-21-18;5-2(4(8)9)1-3(6)7/h2-5,10,13H,6-9,11-12H2,1H3;2,5H,1H2,(H,6,7)(H,8,9)/p-2. The van der Waals surface area contributed by atoms with E-state index >= 15 is 0 Å². The van der Waals surface area contributed by atoms with E-state index in [2.05, 4.69) is 47.7 Å². The molecule has 4 rings (SSSR count). The van der Waals surface area contributed by atoms with Crippen LogP contribution in [0.15, 0.2) is 41.3 Å². The molecule has 7 heteroatoms. The maximum absolute atomic E-state index is 9.58. The van der Waals surface area contributed by atoms with E-state index in [-0.39, 0.29) is 0 Å². The van der Waals surface area contributed by atoms with Gasteiger partial charge in [-0.1, -0.05) is 29.8 Å². The molecule has 2 aliphatic rings. The number of fused-ring (bicyclic) bond motifs is 2. The predicted octanol–water partition coefficient (Wildman–Crippen LogP) is 0.611. The molecule has 2 heterocycles. The van der Waals surface area contributed by atoms with E-state index in [9.17, 15) is 19.8 Å². The Hall–Kier alpha value is -2.48. The normalized spacial score (nSPS) is 17.1. The molecule has 0 spiro atoms. The van der Waals surface area contributed by atoms with Gasteiger partial charge in [-0.3, -0.25) is 0 Å². The van der Waals surface area contributed by atoms with Crippen molar-refractivity contribution in [1.29, 1.82) is 0 Å². The molecule has 1 aromatic heterocycles. The molecule has 1 unspecified atom stereocenters. The highest BCUT2D eigenvalue weighted by Gasteiger charge is 2.23. The third-order valence-corrected chi connectivity index (χ3v) is 6.48. The van der Waals surface area contributed by atoms with Crippen molar-refractivity contribution in [2.45, 2.75) is 38.2 Å². The third kappa shape index (κ3) is 5.36. The molecule has 1 aromatic carbocycles. The highest BCUT2D eigenvalue weighted by molar-refractivity contribution is 7.10. The lowest BCUT2D eigenvalue weighted by Gasteiger charge is -2.27. The van der Waals surface area contributed by atoms with Crippen LogP contribution in [-0.2, 0) is 22.4 Å². The molecular formula is C23H25NO5S-2. The number of carboxylic acids is 2. The van der Waals surface area contributed by atoms with Gasteiger partial charge in [0.15, 0.2) is 0 Å². The molecule has 160 valence electrons. The maximum atomic E-state index is 9.58. The lowest BCUT2D eigenvalue weighted by molar-refractivity contribution is -0.323. The van der Waals surface area contributed by atoms with Crippen molar-refractivity contribution in [2.24, 2.45) is 0 Å². The van der Waals surface area contributed by atoms with Crippen LogP contribution in [0.5, 0.6) is 0 Å². The van der Waals surface area contributed by atoms with Crippen molar-refractivity contribution >= 4 is 28.8 Å². The van der Waals surface area contributed by atoms with Crippen LogP contribution in [0.25, 0.3) is 5.57 Å². The summed E-state index contributed by atoms with van der Waals surface area (Å²) in [5, 5.41) is 29.6. The highest BCUT2D eigenvalue weighted by Crippen LogP contribution is 2.40. The zero-order valence-corrected chi connectivity index (χ0v) is 17.7. The van der Waals surface area contributed by atoms with E-state index in [1.165, 1.54) is 55.5 Å². The van der Waals surface area contributed by atoms with Crippen molar-refractivity contribution in [3.8, 4) is 0 Å². The number of piperidine rings is 1. The number of rotatable bonds is 3. The number of aliphatic hydroxyl groups excluding tert-OH is 1. The summed E-state index contributed by atoms with van der Waals surface area (Å²) in [5.74, 6) is -3.43. The fourth-order valence-corrected chi connectivity index (χ4v) is 4.78. The van der Waals surface area contributed by atoms with E-state index in [1.807, 2.05) is 11.3 Å². The van der Waals surface area contributed by atoms with Crippen LogP contribution in [0.1, 0.15) is 40.8 Å². The molecule has 6 nitrogen and oxygen atoms in total. The highest BCUT2D eigenvalue weighted by atomic mass is 32.1. The fourth-order valence-electron chi connectivity index (χ4n) is 3.89. The second kappa shape index (κ2) is 10.0. The van der Waals surface area contributed by atoms with Gasteiger partial charge in [-0.15, -0.1) is 11.3 Å². The summed E-state index contributed by atoms with van der Waals surface area (Å²) in [6.45, 7) is 2.39. The molecular weight excluding hydrogens is 402 g/mol. The van der Waals surface area contributed by atoms with Crippen LogP contribution in [0, 0.1) is 0 Å². The van der Waals surface area contributed by atoms with Gasteiger partial charge in [0.25, 0.3) is 0 Å². The van der Waals surface area contributed by atoms with Gasteiger partial charge in [0.1, 0.15) is 0 Å². The Kier molecular flexibility index (Phi) is 7.42. The zero-order valence-electron chi connectivity index (χ0n) is 16.9. The average Bonchev–Trinajstić information content (AvgIpc) is 3.11. The van der Waals surface area contributed by atoms with Gasteiger partial charge in [-0.25, -0.2) is 0 Å². The molecule has 1 N–H and O–H groups in total. The summed E-state index contributed by atoms with van der Waals surface area (Å²) in [7, 11) is 2.23. The van der Waals surface area contributed by atoms with E-state index in [1.54, 1.807) is 16.0 Å². The first-order valence-corrected chi connectivity index (χ1v) is 10.9. The maximum Gasteiger partial charge on any atom is 0.0985 e. The second-order valence-electron chi connectivity index (χ2n) is 7.61. The number of aliphatic hydroxyl groups is 1. The van der Waals surface area contributed by atoms with Crippen LogP contribution in [0.3, 0.4) is 0 Å². The molecule has 1 aliphatic carbocycles. The fraction of sp³-hybridized carbons (Fsp3) is 0.391. The van der Waals surface area contributed by atoms with Gasteiger partial charge in [0.05, 0.1) is 12.1 Å². The molecule has 1 fully saturated rings. The minimum Gasteiger partial charge on any atom is -0.550 e. The predicted molar refractivity (Wildman–Crippen MR) is 112 cm³/mol. The number of aliphatic carboxylic acids is 2. The largest absolute Gasteiger partial charge is 0.550 e. The van der Waals surface area contributed by atoms with Crippen molar-refractivity contribution < 1.29 is 24.9 Å². The summed E-state index contributed by atoms with van der Waals surface area (Å²) in [6.07, 6.45) is 1.92. The smallest absolute Gasteiger partial charge is 0.0985 e. The number of carbonyl (C=O) groups is 2. The van der Waals surface area contributed by atoms with Crippen molar-refractivity contribution in [3.63, 3.8) is 0 Å². The first-order valence-electron chi connectivity index (χ1n) is 10.0. The molecule has 30 heavy (non-hydrogen) atoms. The number of hydrogen-bond donors (Lipinski definition) is 1. The molecule has 1 saturated heterocycles. The minimum absolute atomic E-state index is 0.928. The SMILES string of the molecule is CN1CCC(=C2c3ccccc3CCc3sccc32)CC1.O=C([O-])CC(O)C(=O)[O-]. The number of likely N-dealkylation sites (tertiary alicyclic amines) is 1. The van der Waals surface area contributed by atoms with Crippen LogP contribution in [-0.4, -0.2) is 48.2 Å². The van der Waals surface area contributed by atoms with E-state index in [0.29, 0.717) is 0 Å². The van der Waals surface area contributed by atoms with E-state index < -0.39 is 24.5 Å². The van der Waals surface area contributed by atoms with Crippen LogP contribution in [0.2, 0.25) is 0 Å². The van der Waals surface area contributed by atoms with Crippen molar-refractivity contribution in [1.82, 2.24) is 4.90 Å². The Morgan fingerprint density at radius 3 is 2.40 bits per heavy atom. The summed E-state index contributed by atoms with van der Waals surface area (Å²) >= 11 is 1.93. The molecule has 1 aliphatic heterocycles. The Balaban J connectivity index is 0.000000244. The van der Waals surface area contributed by atoms with Gasteiger partial charge in [-0.05, 0) is 66.4 Å². The first kappa shape index (κ1) is 22.2. The molecule has 0 amide bonds. The lowest BCUT2D eigenvalue weighted by Crippen LogP contribution is -2.39. The zero-order chi connectivity index (χ0) is 21.7. The Morgan fingerprint density at radius 2 is 1.77 bits per heavy atom. The van der Waals surface area contributed by atoms with Crippen molar-refractivity contribution in [2.75, 3.05) is 20.1 Å². The number of nitrogens with zero attached hydrogens (tertiary/aromatic N) is 1. The van der Waals surface area contributed by atoms with Crippen LogP contribution >= 0.6 is 11.3 Å². The van der Waals surface area contributed by atoms with Gasteiger partial charge in [-0.2, -0.15) is 0 Å². The van der Waals surface area contributed by atoms with Crippen LogP contribution < -0.4 is 10.2 Å².